The number of carbonyl (C=O) groups is 1. The van der Waals surface area contributed by atoms with E-state index in [1.165, 1.54) is 25.7 Å². The fourth-order valence-electron chi connectivity index (χ4n) is 5.71. The lowest BCUT2D eigenvalue weighted by Crippen LogP contribution is -2.39. The van der Waals surface area contributed by atoms with Gasteiger partial charge in [-0.15, -0.1) is 0 Å². The van der Waals surface area contributed by atoms with Crippen LogP contribution in [-0.4, -0.2) is 16.2 Å². The smallest absolute Gasteiger partial charge is 0.328 e. The van der Waals surface area contributed by atoms with Crippen LogP contribution in [0.3, 0.4) is 0 Å². The third-order valence-corrected chi connectivity index (χ3v) is 7.37. The van der Waals surface area contributed by atoms with Crippen molar-refractivity contribution in [3.8, 4) is 16.9 Å². The molecular weight excluding hydrogens is 428 g/mol. The molecular formula is C25H27BrO3. The van der Waals surface area contributed by atoms with Gasteiger partial charge in [-0.05, 0) is 83.9 Å². The van der Waals surface area contributed by atoms with Gasteiger partial charge in [-0.1, -0.05) is 53.9 Å². The second kappa shape index (κ2) is 7.98. The van der Waals surface area contributed by atoms with Gasteiger partial charge in [-0.3, -0.25) is 0 Å². The Balaban J connectivity index is 1.71. The van der Waals surface area contributed by atoms with Crippen LogP contribution in [0.4, 0.5) is 0 Å². The molecule has 152 valence electrons. The van der Waals surface area contributed by atoms with E-state index in [1.807, 2.05) is 30.3 Å². The van der Waals surface area contributed by atoms with Crippen LogP contribution in [-0.2, 0) is 10.2 Å². The Labute approximate surface area is 180 Å². The standard InChI is InChI=1S/C25H27BrO3/c1-16-11-18-3-2-10-25(14-16,15-18)21-13-19(6-8-23(21)27)20-7-4-17(12-22(20)26)5-9-24(28)29/h4-9,12-13,16,18,27H,2-3,10-11,14-15H2,1H3,(H,28,29)/b9-5+. The molecule has 0 spiro atoms. The molecule has 2 bridgehead atoms. The minimum Gasteiger partial charge on any atom is -0.508 e. The Bertz CT molecular complexity index is 961. The molecule has 0 heterocycles. The number of carboxylic acids is 1. The fraction of sp³-hybridized carbons (Fsp3) is 0.400. The zero-order valence-corrected chi connectivity index (χ0v) is 18.3. The molecule has 0 amide bonds. The first kappa shape index (κ1) is 20.2. The van der Waals surface area contributed by atoms with E-state index in [9.17, 15) is 9.90 Å². The Kier molecular flexibility index (Phi) is 5.56. The number of aliphatic carboxylic acids is 1. The molecule has 3 atom stereocenters. The van der Waals surface area contributed by atoms with Gasteiger partial charge in [0.15, 0.2) is 0 Å². The molecule has 0 radical (unpaired) electrons. The number of phenolic OH excluding ortho intramolecular Hbond substituents is 1. The molecule has 2 aromatic carbocycles. The SMILES string of the molecule is CC1CC2CCCC(c3cc(-c4ccc(/C=C/C(=O)O)cc4Br)ccc3O)(C1)C2. The molecule has 4 heteroatoms. The molecule has 29 heavy (non-hydrogen) atoms. The lowest BCUT2D eigenvalue weighted by Gasteiger charge is -2.48. The van der Waals surface area contributed by atoms with Crippen LogP contribution in [0.25, 0.3) is 17.2 Å². The van der Waals surface area contributed by atoms with Gasteiger partial charge in [0.2, 0.25) is 0 Å². The molecule has 0 aliphatic heterocycles. The van der Waals surface area contributed by atoms with Crippen LogP contribution in [0.1, 0.15) is 56.6 Å². The quantitative estimate of drug-likeness (QED) is 0.500. The van der Waals surface area contributed by atoms with Gasteiger partial charge in [-0.25, -0.2) is 4.79 Å². The summed E-state index contributed by atoms with van der Waals surface area (Å²) < 4.78 is 0.915. The average molecular weight is 455 g/mol. The molecule has 0 aromatic heterocycles. The summed E-state index contributed by atoms with van der Waals surface area (Å²) in [7, 11) is 0. The van der Waals surface area contributed by atoms with E-state index in [4.69, 9.17) is 5.11 Å². The Morgan fingerprint density at radius 3 is 2.79 bits per heavy atom. The minimum atomic E-state index is -0.958. The van der Waals surface area contributed by atoms with Gasteiger partial charge < -0.3 is 10.2 Å². The van der Waals surface area contributed by atoms with Crippen molar-refractivity contribution in [3.05, 3.63) is 58.1 Å². The highest BCUT2D eigenvalue weighted by molar-refractivity contribution is 9.10. The number of fused-ring (bicyclic) bond motifs is 2. The largest absolute Gasteiger partial charge is 0.508 e. The summed E-state index contributed by atoms with van der Waals surface area (Å²) in [5.74, 6) is 0.938. The summed E-state index contributed by atoms with van der Waals surface area (Å²) in [5.41, 5.74) is 4.15. The number of halogens is 1. The lowest BCUT2D eigenvalue weighted by atomic mass is 9.56. The predicted octanol–water partition coefficient (Wildman–Crippen LogP) is 6.78. The summed E-state index contributed by atoms with van der Waals surface area (Å²) in [6.45, 7) is 2.35. The Morgan fingerprint density at radius 1 is 1.21 bits per heavy atom. The summed E-state index contributed by atoms with van der Waals surface area (Å²) in [5, 5.41) is 19.6. The molecule has 2 saturated carbocycles. The van der Waals surface area contributed by atoms with Gasteiger partial charge in [0, 0.05) is 16.1 Å². The van der Waals surface area contributed by atoms with Gasteiger partial charge in [0.05, 0.1) is 0 Å². The molecule has 0 saturated heterocycles. The Hall–Kier alpha value is -2.07. The van der Waals surface area contributed by atoms with Gasteiger partial charge in [-0.2, -0.15) is 0 Å². The van der Waals surface area contributed by atoms with Crippen molar-refractivity contribution in [2.75, 3.05) is 0 Å². The van der Waals surface area contributed by atoms with Crippen molar-refractivity contribution in [1.29, 1.82) is 0 Å². The number of phenols is 1. The van der Waals surface area contributed by atoms with E-state index < -0.39 is 5.97 Å². The van der Waals surface area contributed by atoms with Crippen LogP contribution >= 0.6 is 15.9 Å². The molecule has 2 N–H and O–H groups in total. The minimum absolute atomic E-state index is 0.0946. The number of rotatable bonds is 4. The summed E-state index contributed by atoms with van der Waals surface area (Å²) in [6.07, 6.45) is 10.1. The number of aromatic hydroxyl groups is 1. The first-order valence-electron chi connectivity index (χ1n) is 10.4. The van der Waals surface area contributed by atoms with Crippen LogP contribution < -0.4 is 0 Å². The monoisotopic (exact) mass is 454 g/mol. The number of carboxylic acid groups (broad SMARTS) is 1. The van der Waals surface area contributed by atoms with Crippen molar-refractivity contribution in [1.82, 2.24) is 0 Å². The van der Waals surface area contributed by atoms with E-state index in [0.29, 0.717) is 11.7 Å². The van der Waals surface area contributed by atoms with Crippen LogP contribution in [0, 0.1) is 11.8 Å². The zero-order valence-electron chi connectivity index (χ0n) is 16.7. The topological polar surface area (TPSA) is 57.5 Å². The average Bonchev–Trinajstić information content (AvgIpc) is 2.66. The zero-order chi connectivity index (χ0) is 20.6. The molecule has 3 nitrogen and oxygen atoms in total. The van der Waals surface area contributed by atoms with Crippen molar-refractivity contribution in [2.24, 2.45) is 11.8 Å². The Morgan fingerprint density at radius 2 is 2.03 bits per heavy atom. The van der Waals surface area contributed by atoms with E-state index in [-0.39, 0.29) is 5.41 Å². The fourth-order valence-corrected chi connectivity index (χ4v) is 6.34. The van der Waals surface area contributed by atoms with Gasteiger partial charge in [0.1, 0.15) is 5.75 Å². The first-order chi connectivity index (χ1) is 13.9. The maximum atomic E-state index is 10.8. The number of hydrogen-bond donors (Lipinski definition) is 2. The molecule has 4 rings (SSSR count). The summed E-state index contributed by atoms with van der Waals surface area (Å²) in [6, 6.07) is 11.8. The third-order valence-electron chi connectivity index (χ3n) is 6.71. The maximum Gasteiger partial charge on any atom is 0.328 e. The number of hydrogen-bond acceptors (Lipinski definition) is 2. The van der Waals surface area contributed by atoms with E-state index in [2.05, 4.69) is 28.9 Å². The van der Waals surface area contributed by atoms with Crippen molar-refractivity contribution < 1.29 is 15.0 Å². The third kappa shape index (κ3) is 4.13. The highest BCUT2D eigenvalue weighted by atomic mass is 79.9. The molecule has 2 fully saturated rings. The molecule has 2 aromatic rings. The summed E-state index contributed by atoms with van der Waals surface area (Å²) in [4.78, 5) is 10.8. The molecule has 2 aliphatic rings. The summed E-state index contributed by atoms with van der Waals surface area (Å²) >= 11 is 3.65. The molecule has 3 unspecified atom stereocenters. The van der Waals surface area contributed by atoms with Crippen molar-refractivity contribution in [2.45, 2.75) is 50.9 Å². The maximum absolute atomic E-state index is 10.8. The highest BCUT2D eigenvalue weighted by Crippen LogP contribution is 2.54. The second-order valence-electron chi connectivity index (χ2n) is 8.93. The van der Waals surface area contributed by atoms with Crippen LogP contribution in [0.5, 0.6) is 5.75 Å². The van der Waals surface area contributed by atoms with E-state index in [1.54, 1.807) is 6.08 Å². The first-order valence-corrected chi connectivity index (χ1v) is 11.2. The highest BCUT2D eigenvalue weighted by Gasteiger charge is 2.44. The molecule has 2 aliphatic carbocycles. The van der Waals surface area contributed by atoms with Gasteiger partial charge >= 0.3 is 5.97 Å². The normalized spacial score (nSPS) is 26.6. The van der Waals surface area contributed by atoms with Crippen molar-refractivity contribution in [3.63, 3.8) is 0 Å². The van der Waals surface area contributed by atoms with E-state index in [0.717, 1.165) is 51.6 Å². The second-order valence-corrected chi connectivity index (χ2v) is 9.78. The number of benzene rings is 2. The van der Waals surface area contributed by atoms with Crippen molar-refractivity contribution >= 4 is 28.0 Å². The van der Waals surface area contributed by atoms with Crippen LogP contribution in [0.2, 0.25) is 0 Å². The van der Waals surface area contributed by atoms with E-state index >= 15 is 0 Å². The van der Waals surface area contributed by atoms with Crippen LogP contribution in [0.15, 0.2) is 46.9 Å². The van der Waals surface area contributed by atoms with Gasteiger partial charge in [0.25, 0.3) is 0 Å². The predicted molar refractivity (Wildman–Crippen MR) is 120 cm³/mol. The lowest BCUT2D eigenvalue weighted by molar-refractivity contribution is -0.131.